The van der Waals surface area contributed by atoms with Gasteiger partial charge in [-0.05, 0) is 6.07 Å². The number of ether oxygens (including phenoxy) is 1. The largest absolute Gasteiger partial charge is 0.618 e. The quantitative estimate of drug-likeness (QED) is 0.294. The van der Waals surface area contributed by atoms with Crippen LogP contribution >= 0.6 is 23.2 Å². The van der Waals surface area contributed by atoms with Gasteiger partial charge in [0.25, 0.3) is 11.5 Å². The lowest BCUT2D eigenvalue weighted by Gasteiger charge is -2.12. The van der Waals surface area contributed by atoms with Crippen molar-refractivity contribution in [3.63, 3.8) is 0 Å². The van der Waals surface area contributed by atoms with Gasteiger partial charge in [0.2, 0.25) is 5.52 Å². The van der Waals surface area contributed by atoms with Gasteiger partial charge in [-0.3, -0.25) is 9.59 Å². The van der Waals surface area contributed by atoms with Crippen LogP contribution in [-0.4, -0.2) is 16.7 Å². The Kier molecular flexibility index (Phi) is 5.06. The van der Waals surface area contributed by atoms with Crippen molar-refractivity contribution in [2.45, 2.75) is 13.5 Å². The molecule has 1 heterocycles. The Morgan fingerprint density at radius 1 is 1.15 bits per heavy atom. The first-order valence-electron chi connectivity index (χ1n) is 7.52. The molecule has 3 aromatic rings. The summed E-state index contributed by atoms with van der Waals surface area (Å²) in [6, 6.07) is 11.0. The van der Waals surface area contributed by atoms with E-state index in [0.29, 0.717) is 10.3 Å². The summed E-state index contributed by atoms with van der Waals surface area (Å²) in [6.45, 7) is 0.906. The maximum atomic E-state index is 12.9. The molecule has 0 atom stereocenters. The van der Waals surface area contributed by atoms with Crippen LogP contribution in [0, 0.1) is 5.21 Å². The first kappa shape index (κ1) is 18.1. The van der Waals surface area contributed by atoms with Gasteiger partial charge in [0.1, 0.15) is 12.1 Å². The molecule has 0 aliphatic heterocycles. The number of ketones is 1. The summed E-state index contributed by atoms with van der Waals surface area (Å²) >= 11 is 12.0. The molecule has 0 bridgehead atoms. The number of hydrogen-bond donors (Lipinski definition) is 0. The SMILES string of the molecule is CC(=O)OCc1nc2cc(Cl)c(Cl)cc2[n+]([O-])c1C(=O)c1ccccc1. The number of aromatic nitrogens is 2. The number of benzene rings is 2. The topological polar surface area (TPSA) is 83.2 Å². The lowest BCUT2D eigenvalue weighted by atomic mass is 10.1. The molecule has 6 nitrogen and oxygen atoms in total. The first-order valence-corrected chi connectivity index (χ1v) is 8.28. The molecule has 0 fully saturated rings. The molecule has 0 radical (unpaired) electrons. The second-order valence-corrected chi connectivity index (χ2v) is 6.25. The van der Waals surface area contributed by atoms with Crippen LogP contribution in [0.4, 0.5) is 0 Å². The van der Waals surface area contributed by atoms with Crippen molar-refractivity contribution < 1.29 is 19.1 Å². The minimum atomic E-state index is -0.559. The number of hydrogen-bond acceptors (Lipinski definition) is 5. The van der Waals surface area contributed by atoms with Crippen LogP contribution in [0.2, 0.25) is 10.0 Å². The average Bonchev–Trinajstić information content (AvgIpc) is 2.62. The highest BCUT2D eigenvalue weighted by atomic mass is 35.5. The number of rotatable bonds is 4. The van der Waals surface area contributed by atoms with Crippen molar-refractivity contribution in [2.24, 2.45) is 0 Å². The maximum Gasteiger partial charge on any atom is 0.303 e. The zero-order valence-electron chi connectivity index (χ0n) is 13.5. The lowest BCUT2D eigenvalue weighted by molar-refractivity contribution is -0.580. The fourth-order valence-electron chi connectivity index (χ4n) is 2.43. The summed E-state index contributed by atoms with van der Waals surface area (Å²) in [5.74, 6) is -1.10. The second kappa shape index (κ2) is 7.27. The van der Waals surface area contributed by atoms with Crippen molar-refractivity contribution in [1.82, 2.24) is 4.98 Å². The number of carbonyl (C=O) groups excluding carboxylic acids is 2. The molecule has 3 rings (SSSR count). The Labute approximate surface area is 158 Å². The highest BCUT2D eigenvalue weighted by molar-refractivity contribution is 6.42. The van der Waals surface area contributed by atoms with E-state index in [-0.39, 0.29) is 39.1 Å². The number of esters is 1. The molecule has 0 unspecified atom stereocenters. The van der Waals surface area contributed by atoms with Crippen molar-refractivity contribution in [3.05, 3.63) is 74.7 Å². The molecule has 0 aliphatic carbocycles. The van der Waals surface area contributed by atoms with Gasteiger partial charge in [0.05, 0.1) is 10.0 Å². The monoisotopic (exact) mass is 390 g/mol. The van der Waals surface area contributed by atoms with Crippen molar-refractivity contribution in [1.29, 1.82) is 0 Å². The third-order valence-electron chi connectivity index (χ3n) is 3.63. The smallest absolute Gasteiger partial charge is 0.303 e. The fraction of sp³-hybridized carbons (Fsp3) is 0.111. The van der Waals surface area contributed by atoms with Gasteiger partial charge in [-0.15, -0.1) is 0 Å². The van der Waals surface area contributed by atoms with Crippen molar-refractivity contribution in [2.75, 3.05) is 0 Å². The summed E-state index contributed by atoms with van der Waals surface area (Å²) in [4.78, 5) is 28.3. The maximum absolute atomic E-state index is 12.9. The first-order chi connectivity index (χ1) is 12.4. The van der Waals surface area contributed by atoms with Crippen LogP contribution in [0.15, 0.2) is 42.5 Å². The van der Waals surface area contributed by atoms with Gasteiger partial charge in [0.15, 0.2) is 5.69 Å². The Hall–Kier alpha value is -2.70. The predicted octanol–water partition coefficient (Wildman–Crippen LogP) is 3.47. The van der Waals surface area contributed by atoms with E-state index in [1.165, 1.54) is 19.1 Å². The third-order valence-corrected chi connectivity index (χ3v) is 4.35. The van der Waals surface area contributed by atoms with Crippen LogP contribution in [-0.2, 0) is 16.1 Å². The van der Waals surface area contributed by atoms with Gasteiger partial charge < -0.3 is 9.94 Å². The third kappa shape index (κ3) is 3.47. The highest BCUT2D eigenvalue weighted by Crippen LogP contribution is 2.26. The Bertz CT molecular complexity index is 1020. The van der Waals surface area contributed by atoms with Crippen LogP contribution < -0.4 is 4.73 Å². The van der Waals surface area contributed by atoms with E-state index < -0.39 is 11.8 Å². The summed E-state index contributed by atoms with van der Waals surface area (Å²) in [5.41, 5.74) is 0.437. The van der Waals surface area contributed by atoms with Crippen molar-refractivity contribution in [3.8, 4) is 0 Å². The fourth-order valence-corrected chi connectivity index (χ4v) is 2.75. The number of halogens is 2. The van der Waals surface area contributed by atoms with Crippen LogP contribution in [0.3, 0.4) is 0 Å². The molecule has 0 N–H and O–H groups in total. The molecule has 0 spiro atoms. The minimum Gasteiger partial charge on any atom is -0.618 e. The Morgan fingerprint density at radius 2 is 1.81 bits per heavy atom. The number of fused-ring (bicyclic) bond motifs is 1. The molecular formula is C18H12Cl2N2O4. The molecule has 26 heavy (non-hydrogen) atoms. The van der Waals surface area contributed by atoms with E-state index >= 15 is 0 Å². The van der Waals surface area contributed by atoms with E-state index in [9.17, 15) is 14.8 Å². The van der Waals surface area contributed by atoms with Gasteiger partial charge in [-0.2, -0.15) is 4.73 Å². The summed E-state index contributed by atoms with van der Waals surface area (Å²) in [5, 5.41) is 13.3. The van der Waals surface area contributed by atoms with E-state index in [4.69, 9.17) is 27.9 Å². The van der Waals surface area contributed by atoms with Gasteiger partial charge >= 0.3 is 5.97 Å². The zero-order chi connectivity index (χ0) is 18.8. The van der Waals surface area contributed by atoms with Gasteiger partial charge in [-0.1, -0.05) is 53.5 Å². The molecule has 1 aromatic heterocycles. The van der Waals surface area contributed by atoms with Gasteiger partial charge in [0, 0.05) is 18.6 Å². The standard InChI is InChI=1S/C18H12Cl2N2O4/c1-10(23)26-9-15-17(18(24)11-5-3-2-4-6-11)22(25)16-8-13(20)12(19)7-14(16)21-15/h2-8H,9H2,1H3. The zero-order valence-corrected chi connectivity index (χ0v) is 15.0. The number of nitrogens with zero attached hydrogens (tertiary/aromatic N) is 2. The number of carbonyl (C=O) groups is 2. The molecule has 0 saturated carbocycles. The molecular weight excluding hydrogens is 379 g/mol. The van der Waals surface area contributed by atoms with Crippen LogP contribution in [0.1, 0.15) is 28.7 Å². The molecule has 0 saturated heterocycles. The van der Waals surface area contributed by atoms with Gasteiger partial charge in [-0.25, -0.2) is 4.98 Å². The highest BCUT2D eigenvalue weighted by Gasteiger charge is 2.28. The summed E-state index contributed by atoms with van der Waals surface area (Å²) in [6.07, 6.45) is 0. The normalized spacial score (nSPS) is 10.7. The van der Waals surface area contributed by atoms with Crippen LogP contribution in [0.5, 0.6) is 0 Å². The van der Waals surface area contributed by atoms with E-state index in [2.05, 4.69) is 4.98 Å². The van der Waals surface area contributed by atoms with Crippen molar-refractivity contribution >= 4 is 46.0 Å². The molecule has 132 valence electrons. The second-order valence-electron chi connectivity index (χ2n) is 5.43. The molecule has 8 heteroatoms. The summed E-state index contributed by atoms with van der Waals surface area (Å²) < 4.78 is 5.39. The minimum absolute atomic E-state index is 0.0370. The average molecular weight is 391 g/mol. The van der Waals surface area contributed by atoms with E-state index in [1.54, 1.807) is 30.3 Å². The van der Waals surface area contributed by atoms with Crippen LogP contribution in [0.25, 0.3) is 11.0 Å². The summed E-state index contributed by atoms with van der Waals surface area (Å²) in [7, 11) is 0. The van der Waals surface area contributed by atoms with E-state index in [0.717, 1.165) is 0 Å². The Balaban J connectivity index is 2.25. The predicted molar refractivity (Wildman–Crippen MR) is 96.1 cm³/mol. The van der Waals surface area contributed by atoms with E-state index in [1.807, 2.05) is 0 Å². The molecule has 2 aromatic carbocycles. The molecule has 0 aliphatic rings. The Morgan fingerprint density at radius 3 is 2.46 bits per heavy atom. The lowest BCUT2D eigenvalue weighted by Crippen LogP contribution is -2.38. The molecule has 0 amide bonds.